The summed E-state index contributed by atoms with van der Waals surface area (Å²) in [6.45, 7) is 2.79. The molecular weight excluding hydrogens is 267 g/mol. The van der Waals surface area contributed by atoms with E-state index in [1.54, 1.807) is 12.1 Å². The summed E-state index contributed by atoms with van der Waals surface area (Å²) in [5.74, 6) is 0.308. The maximum absolute atomic E-state index is 10.6. The first-order valence-corrected chi connectivity index (χ1v) is 6.41. The van der Waals surface area contributed by atoms with Crippen LogP contribution < -0.4 is 43.9 Å². The van der Waals surface area contributed by atoms with Gasteiger partial charge in [0.1, 0.15) is 5.75 Å². The molecule has 0 aliphatic carbocycles. The number of hydrogen-bond acceptors (Lipinski definition) is 5. The standard InChI is InChI=1S/C10H16N2O4S.Na/c1-4-12(2)8-5-6-9(10(7-8)16-3)11-17(13,14)15;/h5-7,11H,4H2,1-3H3,(H,13,14,15);/q;+1/p-1. The minimum Gasteiger partial charge on any atom is -0.731 e. The number of rotatable bonds is 5. The Kier molecular flexibility index (Phi) is 7.01. The molecule has 1 N–H and O–H groups in total. The van der Waals surface area contributed by atoms with E-state index in [-0.39, 0.29) is 35.2 Å². The van der Waals surface area contributed by atoms with E-state index in [0.717, 1.165) is 12.2 Å². The summed E-state index contributed by atoms with van der Waals surface area (Å²) in [5, 5.41) is 0. The molecule has 1 rings (SSSR count). The van der Waals surface area contributed by atoms with Crippen molar-refractivity contribution in [1.82, 2.24) is 0 Å². The molecule has 0 aliphatic rings. The predicted octanol–water partition coefficient (Wildman–Crippen LogP) is -1.97. The third kappa shape index (κ3) is 5.03. The Balaban J connectivity index is 0.00000289. The van der Waals surface area contributed by atoms with E-state index in [2.05, 4.69) is 0 Å². The Labute approximate surface area is 129 Å². The molecular formula is C10H15N2NaO4S. The van der Waals surface area contributed by atoms with Crippen molar-refractivity contribution in [3.05, 3.63) is 18.2 Å². The number of anilines is 2. The fourth-order valence-corrected chi connectivity index (χ4v) is 1.76. The number of ether oxygens (including phenoxy) is 1. The van der Waals surface area contributed by atoms with Crippen LogP contribution in [0.15, 0.2) is 18.2 Å². The summed E-state index contributed by atoms with van der Waals surface area (Å²) in [6, 6.07) is 4.87. The Morgan fingerprint density at radius 1 is 1.44 bits per heavy atom. The molecule has 0 atom stereocenters. The third-order valence-corrected chi connectivity index (χ3v) is 2.81. The minimum atomic E-state index is -4.54. The van der Waals surface area contributed by atoms with Crippen LogP contribution in [0.4, 0.5) is 11.4 Å². The SMILES string of the molecule is CCN(C)c1ccc(NS(=O)(=O)[O-])c(OC)c1.[Na+]. The van der Waals surface area contributed by atoms with Crippen molar-refractivity contribution in [2.24, 2.45) is 0 Å². The number of nitrogens with zero attached hydrogens (tertiary/aromatic N) is 1. The molecule has 0 amide bonds. The quantitative estimate of drug-likeness (QED) is 0.500. The monoisotopic (exact) mass is 282 g/mol. The maximum atomic E-state index is 10.6. The zero-order chi connectivity index (χ0) is 13.1. The molecule has 0 heterocycles. The summed E-state index contributed by atoms with van der Waals surface area (Å²) >= 11 is 0. The van der Waals surface area contributed by atoms with Crippen molar-refractivity contribution in [2.45, 2.75) is 6.92 Å². The van der Waals surface area contributed by atoms with Gasteiger partial charge in [-0.05, 0) is 19.1 Å². The van der Waals surface area contributed by atoms with Gasteiger partial charge in [-0.2, -0.15) is 0 Å². The average Bonchev–Trinajstić information content (AvgIpc) is 2.26. The molecule has 0 saturated carbocycles. The van der Waals surface area contributed by atoms with Gasteiger partial charge < -0.3 is 14.2 Å². The van der Waals surface area contributed by atoms with E-state index in [4.69, 9.17) is 4.74 Å². The normalized spacial score (nSPS) is 10.4. The van der Waals surface area contributed by atoms with Crippen molar-refractivity contribution in [2.75, 3.05) is 30.3 Å². The molecule has 1 aromatic carbocycles. The van der Waals surface area contributed by atoms with Crippen LogP contribution in [0, 0.1) is 0 Å². The number of nitrogens with one attached hydrogen (secondary N) is 1. The van der Waals surface area contributed by atoms with Crippen molar-refractivity contribution < 1.29 is 47.3 Å². The van der Waals surface area contributed by atoms with E-state index < -0.39 is 10.3 Å². The van der Waals surface area contributed by atoms with Crippen LogP contribution in [0.3, 0.4) is 0 Å². The molecule has 1 aromatic rings. The van der Waals surface area contributed by atoms with Crippen molar-refractivity contribution >= 4 is 21.7 Å². The molecule has 0 unspecified atom stereocenters. The van der Waals surface area contributed by atoms with Gasteiger partial charge in [-0.15, -0.1) is 0 Å². The Hall–Kier alpha value is -0.470. The largest absolute Gasteiger partial charge is 1.00 e. The zero-order valence-electron chi connectivity index (χ0n) is 10.9. The van der Waals surface area contributed by atoms with Gasteiger partial charge in [0.25, 0.3) is 0 Å². The van der Waals surface area contributed by atoms with Gasteiger partial charge in [0, 0.05) is 25.3 Å². The summed E-state index contributed by atoms with van der Waals surface area (Å²) in [6.07, 6.45) is 0. The van der Waals surface area contributed by atoms with Gasteiger partial charge in [-0.25, -0.2) is 8.42 Å². The molecule has 0 aromatic heterocycles. The summed E-state index contributed by atoms with van der Waals surface area (Å²) in [7, 11) is -1.24. The molecule has 0 saturated heterocycles. The van der Waals surface area contributed by atoms with E-state index in [9.17, 15) is 13.0 Å². The van der Waals surface area contributed by atoms with Gasteiger partial charge in [0.05, 0.1) is 12.8 Å². The smallest absolute Gasteiger partial charge is 0.731 e. The van der Waals surface area contributed by atoms with E-state index in [0.29, 0.717) is 5.75 Å². The topological polar surface area (TPSA) is 81.7 Å². The van der Waals surface area contributed by atoms with E-state index in [1.165, 1.54) is 13.2 Å². The average molecular weight is 282 g/mol. The minimum absolute atomic E-state index is 0. The van der Waals surface area contributed by atoms with E-state index in [1.807, 2.05) is 23.6 Å². The van der Waals surface area contributed by atoms with Crippen LogP contribution >= 0.6 is 0 Å². The van der Waals surface area contributed by atoms with Crippen LogP contribution in [0.1, 0.15) is 6.92 Å². The van der Waals surface area contributed by atoms with Crippen LogP contribution in [0.2, 0.25) is 0 Å². The molecule has 0 radical (unpaired) electrons. The van der Waals surface area contributed by atoms with Crippen LogP contribution in [0.5, 0.6) is 5.75 Å². The Morgan fingerprint density at radius 3 is 2.50 bits per heavy atom. The molecule has 0 aliphatic heterocycles. The predicted molar refractivity (Wildman–Crippen MR) is 65.3 cm³/mol. The van der Waals surface area contributed by atoms with Crippen molar-refractivity contribution in [3.63, 3.8) is 0 Å². The maximum Gasteiger partial charge on any atom is 1.00 e. The summed E-state index contributed by atoms with van der Waals surface area (Å²) in [5.41, 5.74) is 1.01. The fraction of sp³-hybridized carbons (Fsp3) is 0.400. The summed E-state index contributed by atoms with van der Waals surface area (Å²) in [4.78, 5) is 1.96. The second-order valence-corrected chi connectivity index (χ2v) is 4.57. The Bertz CT molecular complexity index is 493. The Morgan fingerprint density at radius 2 is 2.06 bits per heavy atom. The van der Waals surface area contributed by atoms with Crippen LogP contribution in [0.25, 0.3) is 0 Å². The molecule has 6 nitrogen and oxygen atoms in total. The first-order chi connectivity index (χ1) is 7.87. The fourth-order valence-electron chi connectivity index (χ4n) is 1.32. The summed E-state index contributed by atoms with van der Waals surface area (Å²) < 4.78 is 38.7. The van der Waals surface area contributed by atoms with Gasteiger partial charge in [0.2, 0.25) is 0 Å². The first kappa shape index (κ1) is 17.5. The van der Waals surface area contributed by atoms with Gasteiger partial charge in [-0.3, -0.25) is 4.72 Å². The van der Waals surface area contributed by atoms with Gasteiger partial charge in [-0.1, -0.05) is 0 Å². The number of hydrogen-bond donors (Lipinski definition) is 1. The second-order valence-electron chi connectivity index (χ2n) is 3.45. The third-order valence-electron chi connectivity index (χ3n) is 2.34. The van der Waals surface area contributed by atoms with Gasteiger partial charge >= 0.3 is 29.6 Å². The molecule has 8 heteroatoms. The number of benzene rings is 1. The van der Waals surface area contributed by atoms with E-state index >= 15 is 0 Å². The molecule has 0 fully saturated rings. The number of methoxy groups -OCH3 is 1. The molecule has 18 heavy (non-hydrogen) atoms. The molecule has 96 valence electrons. The molecule has 0 bridgehead atoms. The van der Waals surface area contributed by atoms with Crippen molar-refractivity contribution in [1.29, 1.82) is 0 Å². The van der Waals surface area contributed by atoms with Gasteiger partial charge in [0.15, 0.2) is 10.3 Å². The second kappa shape index (κ2) is 7.20. The first-order valence-electron chi connectivity index (χ1n) is 5.00. The molecule has 0 spiro atoms. The van der Waals surface area contributed by atoms with Crippen molar-refractivity contribution in [3.8, 4) is 5.75 Å². The zero-order valence-corrected chi connectivity index (χ0v) is 13.7. The van der Waals surface area contributed by atoms with Crippen LogP contribution in [-0.2, 0) is 10.3 Å². The van der Waals surface area contributed by atoms with Crippen LogP contribution in [-0.4, -0.2) is 33.7 Å².